The molecule has 1 amide bonds. The maximum Gasteiger partial charge on any atom is 0.349 e. The number of anilines is 1. The van der Waals surface area contributed by atoms with Crippen LogP contribution >= 0.6 is 11.3 Å². The summed E-state index contributed by atoms with van der Waals surface area (Å²) in [5.41, 5.74) is 1.33. The van der Waals surface area contributed by atoms with Crippen LogP contribution in [0.4, 0.5) is 5.00 Å². The summed E-state index contributed by atoms with van der Waals surface area (Å²) in [6, 6.07) is 3.75. The molecule has 1 aliphatic heterocycles. The molecule has 2 aromatic rings. The van der Waals surface area contributed by atoms with Gasteiger partial charge < -0.3 is 15.2 Å². The van der Waals surface area contributed by atoms with E-state index in [1.54, 1.807) is 40.1 Å². The average molecular weight is 389 g/mol. The SMILES string of the molecule is Cc1c(C(=O)OC(C)(C)C)sc2c1C(=O)N(CCc1cccnc1)C(O)N2. The second kappa shape index (κ2) is 7.28. The predicted molar refractivity (Wildman–Crippen MR) is 103 cm³/mol. The van der Waals surface area contributed by atoms with E-state index in [9.17, 15) is 14.7 Å². The van der Waals surface area contributed by atoms with Crippen LogP contribution in [0.15, 0.2) is 24.5 Å². The van der Waals surface area contributed by atoms with Crippen LogP contribution in [0.5, 0.6) is 0 Å². The number of esters is 1. The number of pyridine rings is 1. The predicted octanol–water partition coefficient (Wildman–Crippen LogP) is 2.79. The summed E-state index contributed by atoms with van der Waals surface area (Å²) in [4.78, 5) is 31.2. The number of aromatic nitrogens is 1. The Morgan fingerprint density at radius 1 is 1.44 bits per heavy atom. The van der Waals surface area contributed by atoms with Crippen LogP contribution < -0.4 is 5.32 Å². The number of aliphatic hydroxyl groups excluding tert-OH is 1. The van der Waals surface area contributed by atoms with Gasteiger partial charge in [-0.2, -0.15) is 0 Å². The molecule has 0 aliphatic carbocycles. The number of amides is 1. The number of ether oxygens (including phenoxy) is 1. The summed E-state index contributed by atoms with van der Waals surface area (Å²) < 4.78 is 5.43. The van der Waals surface area contributed by atoms with Gasteiger partial charge in [-0.1, -0.05) is 6.07 Å². The molecule has 2 aromatic heterocycles. The number of carbonyl (C=O) groups excluding carboxylic acids is 2. The van der Waals surface area contributed by atoms with Crippen molar-refractivity contribution in [2.75, 3.05) is 11.9 Å². The molecule has 144 valence electrons. The van der Waals surface area contributed by atoms with Gasteiger partial charge in [-0.05, 0) is 51.3 Å². The van der Waals surface area contributed by atoms with Crippen LogP contribution in [-0.2, 0) is 11.2 Å². The molecule has 1 aliphatic rings. The molecule has 8 heteroatoms. The van der Waals surface area contributed by atoms with Crippen molar-refractivity contribution in [1.29, 1.82) is 0 Å². The number of hydrogen-bond donors (Lipinski definition) is 2. The lowest BCUT2D eigenvalue weighted by atomic mass is 10.1. The van der Waals surface area contributed by atoms with Gasteiger partial charge >= 0.3 is 5.97 Å². The van der Waals surface area contributed by atoms with E-state index in [4.69, 9.17) is 4.74 Å². The first kappa shape index (κ1) is 19.3. The summed E-state index contributed by atoms with van der Waals surface area (Å²) in [6.45, 7) is 7.43. The first-order valence-corrected chi connectivity index (χ1v) is 9.50. The van der Waals surface area contributed by atoms with Gasteiger partial charge in [-0.15, -0.1) is 11.3 Å². The van der Waals surface area contributed by atoms with Gasteiger partial charge in [0.25, 0.3) is 5.91 Å². The zero-order chi connectivity index (χ0) is 19.8. The van der Waals surface area contributed by atoms with Gasteiger partial charge in [-0.3, -0.25) is 14.7 Å². The van der Waals surface area contributed by atoms with Crippen molar-refractivity contribution in [3.05, 3.63) is 46.1 Å². The van der Waals surface area contributed by atoms with Crippen molar-refractivity contribution in [1.82, 2.24) is 9.88 Å². The second-order valence-corrected chi connectivity index (χ2v) is 8.41. The molecule has 0 spiro atoms. The maximum absolute atomic E-state index is 13.0. The lowest BCUT2D eigenvalue weighted by Crippen LogP contribution is -2.49. The fourth-order valence-corrected chi connectivity index (χ4v) is 3.95. The van der Waals surface area contributed by atoms with Crippen molar-refractivity contribution in [3.63, 3.8) is 0 Å². The van der Waals surface area contributed by atoms with E-state index in [1.165, 1.54) is 4.90 Å². The van der Waals surface area contributed by atoms with Crippen LogP contribution in [0.1, 0.15) is 51.9 Å². The molecule has 0 saturated carbocycles. The summed E-state index contributed by atoms with van der Waals surface area (Å²) in [5.74, 6) is -0.769. The minimum atomic E-state index is -1.15. The first-order valence-electron chi connectivity index (χ1n) is 8.68. The maximum atomic E-state index is 13.0. The van der Waals surface area contributed by atoms with E-state index in [1.807, 2.05) is 12.1 Å². The highest BCUT2D eigenvalue weighted by Crippen LogP contribution is 2.38. The lowest BCUT2D eigenvalue weighted by Gasteiger charge is -2.33. The number of hydrogen-bond acceptors (Lipinski definition) is 7. The molecule has 0 radical (unpaired) electrons. The van der Waals surface area contributed by atoms with E-state index >= 15 is 0 Å². The monoisotopic (exact) mass is 389 g/mol. The van der Waals surface area contributed by atoms with Gasteiger partial charge in [0.15, 0.2) is 0 Å². The second-order valence-electron chi connectivity index (χ2n) is 7.39. The molecular weight excluding hydrogens is 366 g/mol. The quantitative estimate of drug-likeness (QED) is 0.782. The molecule has 0 aromatic carbocycles. The normalized spacial score (nSPS) is 16.7. The Labute approximate surface area is 162 Å². The number of nitrogens with one attached hydrogen (secondary N) is 1. The zero-order valence-corrected chi connectivity index (χ0v) is 16.6. The Hall–Kier alpha value is -2.45. The number of carbonyl (C=O) groups is 2. The Kier molecular flexibility index (Phi) is 5.21. The van der Waals surface area contributed by atoms with E-state index in [0.717, 1.165) is 16.9 Å². The van der Waals surface area contributed by atoms with Crippen LogP contribution in [0.2, 0.25) is 0 Å². The molecule has 3 rings (SSSR count). The molecule has 0 bridgehead atoms. The van der Waals surface area contributed by atoms with Gasteiger partial charge in [-0.25, -0.2) is 4.79 Å². The molecule has 7 nitrogen and oxygen atoms in total. The smallest absolute Gasteiger partial charge is 0.349 e. The zero-order valence-electron chi connectivity index (χ0n) is 15.8. The number of rotatable bonds is 4. The van der Waals surface area contributed by atoms with Crippen molar-refractivity contribution < 1.29 is 19.4 Å². The Bertz CT molecular complexity index is 858. The summed E-state index contributed by atoms with van der Waals surface area (Å²) >= 11 is 1.13. The number of thiophene rings is 1. The molecular formula is C19H23N3O4S. The Morgan fingerprint density at radius 3 is 2.81 bits per heavy atom. The van der Waals surface area contributed by atoms with Crippen LogP contribution in [0, 0.1) is 6.92 Å². The Morgan fingerprint density at radius 2 is 2.19 bits per heavy atom. The van der Waals surface area contributed by atoms with Gasteiger partial charge in [0.2, 0.25) is 6.35 Å². The number of aliphatic hydroxyl groups is 1. The van der Waals surface area contributed by atoms with E-state index in [-0.39, 0.29) is 5.91 Å². The fourth-order valence-electron chi connectivity index (χ4n) is 2.86. The van der Waals surface area contributed by atoms with E-state index in [2.05, 4.69) is 10.3 Å². The van der Waals surface area contributed by atoms with Crippen LogP contribution in [0.25, 0.3) is 0 Å². The van der Waals surface area contributed by atoms with E-state index < -0.39 is 17.9 Å². The standard InChI is InChI=1S/C19H23N3O4S/c1-11-13-15(27-14(11)17(24)26-19(2,3)4)21-18(25)22(16(13)23)9-7-12-6-5-8-20-10-12/h5-6,8,10,18,21,25H,7,9H2,1-4H3. The molecule has 3 heterocycles. The first-order chi connectivity index (χ1) is 12.7. The number of fused-ring (bicyclic) bond motifs is 1. The third kappa shape index (κ3) is 4.12. The van der Waals surface area contributed by atoms with Crippen molar-refractivity contribution in [3.8, 4) is 0 Å². The van der Waals surface area contributed by atoms with Gasteiger partial charge in [0.05, 0.1) is 5.56 Å². The van der Waals surface area contributed by atoms with Crippen molar-refractivity contribution in [2.24, 2.45) is 0 Å². The van der Waals surface area contributed by atoms with E-state index in [0.29, 0.717) is 34.0 Å². The third-order valence-corrected chi connectivity index (χ3v) is 5.33. The Balaban J connectivity index is 1.82. The largest absolute Gasteiger partial charge is 0.456 e. The van der Waals surface area contributed by atoms with Crippen molar-refractivity contribution >= 4 is 28.2 Å². The van der Waals surface area contributed by atoms with Gasteiger partial charge in [0.1, 0.15) is 15.5 Å². The summed E-state index contributed by atoms with van der Waals surface area (Å²) in [7, 11) is 0. The summed E-state index contributed by atoms with van der Waals surface area (Å²) in [6.07, 6.45) is 2.84. The highest BCUT2D eigenvalue weighted by atomic mass is 32.1. The highest BCUT2D eigenvalue weighted by Gasteiger charge is 2.36. The molecule has 0 saturated heterocycles. The highest BCUT2D eigenvalue weighted by molar-refractivity contribution is 7.18. The minimum absolute atomic E-state index is 0.302. The van der Waals surface area contributed by atoms with Gasteiger partial charge in [0, 0.05) is 18.9 Å². The topological polar surface area (TPSA) is 91.8 Å². The van der Waals surface area contributed by atoms with Crippen molar-refractivity contribution in [2.45, 2.75) is 46.1 Å². The summed E-state index contributed by atoms with van der Waals surface area (Å²) in [5, 5.41) is 13.8. The molecule has 0 fully saturated rings. The third-order valence-electron chi connectivity index (χ3n) is 4.13. The average Bonchev–Trinajstić information content (AvgIpc) is 2.90. The molecule has 2 N–H and O–H groups in total. The molecule has 27 heavy (non-hydrogen) atoms. The number of nitrogens with zero attached hydrogens (tertiary/aromatic N) is 2. The fraction of sp³-hybridized carbons (Fsp3) is 0.421. The molecule has 1 unspecified atom stereocenters. The lowest BCUT2D eigenvalue weighted by molar-refractivity contribution is 0.00743. The van der Waals surface area contributed by atoms with Crippen LogP contribution in [-0.4, -0.2) is 45.4 Å². The molecule has 1 atom stereocenters. The minimum Gasteiger partial charge on any atom is -0.456 e. The van der Waals surface area contributed by atoms with Crippen LogP contribution in [0.3, 0.4) is 0 Å².